The number of hydrogen-bond acceptors (Lipinski definition) is 3. The third-order valence-electron chi connectivity index (χ3n) is 4.41. The van der Waals surface area contributed by atoms with Crippen molar-refractivity contribution in [2.24, 2.45) is 5.92 Å². The van der Waals surface area contributed by atoms with Crippen LogP contribution in [-0.4, -0.2) is 11.8 Å². The van der Waals surface area contributed by atoms with Crippen LogP contribution in [0, 0.1) is 5.92 Å². The molecule has 0 saturated carbocycles. The minimum atomic E-state index is -0.613. The second-order valence-electron chi connectivity index (χ2n) is 5.51. The molecule has 2 unspecified atom stereocenters. The summed E-state index contributed by atoms with van der Waals surface area (Å²) in [6.07, 6.45) is 2.93. The van der Waals surface area contributed by atoms with E-state index >= 15 is 0 Å². The quantitative estimate of drug-likeness (QED) is 0.654. The standard InChI is InChI=1S/C16H22N2O2/c1-3-5-12-10-14(19)18-15(20)16(12,4-2)11-6-8-13(17)9-7-11/h6-9,12H,3-5,10,17H2,1-2H3,(H,18,19,20). The molecular weight excluding hydrogens is 252 g/mol. The number of nitrogens with two attached hydrogens (primary N) is 1. The van der Waals surface area contributed by atoms with Crippen LogP contribution in [0.5, 0.6) is 0 Å². The van der Waals surface area contributed by atoms with Gasteiger partial charge < -0.3 is 5.73 Å². The number of carbonyl (C=O) groups is 2. The van der Waals surface area contributed by atoms with Gasteiger partial charge in [0.1, 0.15) is 0 Å². The van der Waals surface area contributed by atoms with Crippen LogP contribution in [0.1, 0.15) is 45.1 Å². The normalized spacial score (nSPS) is 26.4. The number of amides is 2. The summed E-state index contributed by atoms with van der Waals surface area (Å²) in [7, 11) is 0. The van der Waals surface area contributed by atoms with E-state index in [2.05, 4.69) is 12.2 Å². The Morgan fingerprint density at radius 1 is 1.25 bits per heavy atom. The minimum absolute atomic E-state index is 0.0578. The maximum absolute atomic E-state index is 12.6. The molecule has 1 saturated heterocycles. The molecule has 1 fully saturated rings. The molecule has 0 aromatic heterocycles. The van der Waals surface area contributed by atoms with Crippen LogP contribution < -0.4 is 11.1 Å². The van der Waals surface area contributed by atoms with Crippen molar-refractivity contribution in [3.05, 3.63) is 29.8 Å². The van der Waals surface area contributed by atoms with E-state index in [1.165, 1.54) is 0 Å². The first-order chi connectivity index (χ1) is 9.54. The third-order valence-corrected chi connectivity index (χ3v) is 4.41. The monoisotopic (exact) mass is 274 g/mol. The Balaban J connectivity index is 2.50. The predicted octanol–water partition coefficient (Wildman–Crippen LogP) is 2.38. The van der Waals surface area contributed by atoms with Gasteiger partial charge in [-0.1, -0.05) is 32.4 Å². The summed E-state index contributed by atoms with van der Waals surface area (Å²) in [5.41, 5.74) is 6.76. The summed E-state index contributed by atoms with van der Waals surface area (Å²) in [4.78, 5) is 24.3. The Morgan fingerprint density at radius 2 is 1.90 bits per heavy atom. The molecular formula is C16H22N2O2. The van der Waals surface area contributed by atoms with E-state index in [1.54, 1.807) is 0 Å². The Bertz CT molecular complexity index is 510. The zero-order chi connectivity index (χ0) is 14.8. The van der Waals surface area contributed by atoms with Gasteiger partial charge in [0.2, 0.25) is 11.8 Å². The second-order valence-corrected chi connectivity index (χ2v) is 5.51. The van der Waals surface area contributed by atoms with Gasteiger partial charge in [0.05, 0.1) is 5.41 Å². The Morgan fingerprint density at radius 3 is 2.45 bits per heavy atom. The van der Waals surface area contributed by atoms with Gasteiger partial charge >= 0.3 is 0 Å². The number of benzene rings is 1. The molecule has 1 aliphatic rings. The van der Waals surface area contributed by atoms with Crippen LogP contribution in [0.2, 0.25) is 0 Å². The van der Waals surface area contributed by atoms with Gasteiger partial charge in [-0.3, -0.25) is 14.9 Å². The molecule has 1 aromatic rings. The fourth-order valence-electron chi connectivity index (χ4n) is 3.37. The number of nitrogen functional groups attached to an aromatic ring is 1. The fourth-order valence-corrected chi connectivity index (χ4v) is 3.37. The van der Waals surface area contributed by atoms with Crippen molar-refractivity contribution < 1.29 is 9.59 Å². The molecule has 1 aromatic carbocycles. The van der Waals surface area contributed by atoms with Gasteiger partial charge in [-0.05, 0) is 36.5 Å². The number of carbonyl (C=O) groups excluding carboxylic acids is 2. The highest BCUT2D eigenvalue weighted by Crippen LogP contribution is 2.42. The maximum Gasteiger partial charge on any atom is 0.237 e. The first kappa shape index (κ1) is 14.6. The number of imide groups is 1. The van der Waals surface area contributed by atoms with Crippen molar-refractivity contribution in [1.29, 1.82) is 0 Å². The van der Waals surface area contributed by atoms with E-state index in [9.17, 15) is 9.59 Å². The van der Waals surface area contributed by atoms with E-state index in [0.717, 1.165) is 18.4 Å². The summed E-state index contributed by atoms with van der Waals surface area (Å²) in [6.45, 7) is 4.09. The smallest absolute Gasteiger partial charge is 0.237 e. The van der Waals surface area contributed by atoms with Crippen molar-refractivity contribution in [3.63, 3.8) is 0 Å². The fraction of sp³-hybridized carbons (Fsp3) is 0.500. The second kappa shape index (κ2) is 5.65. The lowest BCUT2D eigenvalue weighted by Gasteiger charge is -2.42. The number of hydrogen-bond donors (Lipinski definition) is 2. The summed E-state index contributed by atoms with van der Waals surface area (Å²) >= 11 is 0. The van der Waals surface area contributed by atoms with Crippen LogP contribution in [0.25, 0.3) is 0 Å². The third kappa shape index (κ3) is 2.30. The van der Waals surface area contributed by atoms with Crippen LogP contribution in [-0.2, 0) is 15.0 Å². The molecule has 2 amide bonds. The van der Waals surface area contributed by atoms with E-state index in [0.29, 0.717) is 18.5 Å². The molecule has 0 radical (unpaired) electrons. The van der Waals surface area contributed by atoms with E-state index < -0.39 is 5.41 Å². The first-order valence-electron chi connectivity index (χ1n) is 7.24. The predicted molar refractivity (Wildman–Crippen MR) is 79.0 cm³/mol. The van der Waals surface area contributed by atoms with Gasteiger partial charge in [0.15, 0.2) is 0 Å². The van der Waals surface area contributed by atoms with E-state index in [-0.39, 0.29) is 17.7 Å². The van der Waals surface area contributed by atoms with Crippen molar-refractivity contribution >= 4 is 17.5 Å². The maximum atomic E-state index is 12.6. The zero-order valence-electron chi connectivity index (χ0n) is 12.1. The lowest BCUT2D eigenvalue weighted by molar-refractivity contribution is -0.141. The molecule has 1 heterocycles. The molecule has 0 bridgehead atoms. The Hall–Kier alpha value is -1.84. The SMILES string of the molecule is CCCC1CC(=O)NC(=O)C1(CC)c1ccc(N)cc1. The van der Waals surface area contributed by atoms with Gasteiger partial charge in [0.25, 0.3) is 0 Å². The number of anilines is 1. The highest BCUT2D eigenvalue weighted by molar-refractivity contribution is 6.04. The molecule has 2 rings (SSSR count). The molecule has 20 heavy (non-hydrogen) atoms. The minimum Gasteiger partial charge on any atom is -0.399 e. The Labute approximate surface area is 119 Å². The molecule has 4 heteroatoms. The zero-order valence-corrected chi connectivity index (χ0v) is 12.1. The topological polar surface area (TPSA) is 72.2 Å². The molecule has 3 N–H and O–H groups in total. The van der Waals surface area contributed by atoms with E-state index in [1.807, 2.05) is 31.2 Å². The molecule has 1 aliphatic heterocycles. The highest BCUT2D eigenvalue weighted by Gasteiger charge is 2.49. The largest absolute Gasteiger partial charge is 0.399 e. The van der Waals surface area contributed by atoms with Gasteiger partial charge in [-0.15, -0.1) is 0 Å². The summed E-state index contributed by atoms with van der Waals surface area (Å²) < 4.78 is 0. The summed E-state index contributed by atoms with van der Waals surface area (Å²) in [5, 5.41) is 2.51. The molecule has 4 nitrogen and oxygen atoms in total. The molecule has 108 valence electrons. The van der Waals surface area contributed by atoms with Gasteiger partial charge in [-0.25, -0.2) is 0 Å². The summed E-state index contributed by atoms with van der Waals surface area (Å²) in [5.74, 6) is -0.269. The van der Waals surface area contributed by atoms with Crippen LogP contribution in [0.4, 0.5) is 5.69 Å². The summed E-state index contributed by atoms with van der Waals surface area (Å²) in [6, 6.07) is 7.46. The van der Waals surface area contributed by atoms with Crippen LogP contribution in [0.3, 0.4) is 0 Å². The molecule has 0 aliphatic carbocycles. The van der Waals surface area contributed by atoms with Gasteiger partial charge in [0, 0.05) is 12.1 Å². The number of piperidine rings is 1. The highest BCUT2D eigenvalue weighted by atomic mass is 16.2. The molecule has 2 atom stereocenters. The Kier molecular flexibility index (Phi) is 4.12. The average molecular weight is 274 g/mol. The van der Waals surface area contributed by atoms with Crippen molar-refractivity contribution in [2.75, 3.05) is 5.73 Å². The average Bonchev–Trinajstić information content (AvgIpc) is 2.41. The van der Waals surface area contributed by atoms with Gasteiger partial charge in [-0.2, -0.15) is 0 Å². The first-order valence-corrected chi connectivity index (χ1v) is 7.24. The number of nitrogens with one attached hydrogen (secondary N) is 1. The van der Waals surface area contributed by atoms with E-state index in [4.69, 9.17) is 5.73 Å². The van der Waals surface area contributed by atoms with Crippen LogP contribution >= 0.6 is 0 Å². The van der Waals surface area contributed by atoms with Crippen molar-refractivity contribution in [1.82, 2.24) is 5.32 Å². The lowest BCUT2D eigenvalue weighted by Crippen LogP contribution is -2.56. The lowest BCUT2D eigenvalue weighted by atomic mass is 9.63. The van der Waals surface area contributed by atoms with Crippen molar-refractivity contribution in [3.8, 4) is 0 Å². The number of rotatable bonds is 4. The van der Waals surface area contributed by atoms with Crippen LogP contribution in [0.15, 0.2) is 24.3 Å². The molecule has 0 spiro atoms. The van der Waals surface area contributed by atoms with Crippen molar-refractivity contribution in [2.45, 2.75) is 44.9 Å².